The van der Waals surface area contributed by atoms with Crippen LogP contribution in [0.15, 0.2) is 53.5 Å². The number of aromatic nitrogens is 2. The molecule has 110 valence electrons. The quantitative estimate of drug-likeness (QED) is 0.751. The molecule has 5 nitrogen and oxygen atoms in total. The molecule has 0 bridgehead atoms. The molecule has 1 aromatic carbocycles. The van der Waals surface area contributed by atoms with Crippen LogP contribution in [0.5, 0.6) is 5.75 Å². The van der Waals surface area contributed by atoms with E-state index in [-0.39, 0.29) is 5.56 Å². The van der Waals surface area contributed by atoms with Gasteiger partial charge >= 0.3 is 0 Å². The van der Waals surface area contributed by atoms with Crippen LogP contribution in [-0.2, 0) is 0 Å². The number of fused-ring (bicyclic) bond motifs is 1. The van der Waals surface area contributed by atoms with Crippen molar-refractivity contribution in [2.45, 2.75) is 0 Å². The summed E-state index contributed by atoms with van der Waals surface area (Å²) >= 11 is 4.98. The Bertz CT molecular complexity index is 891. The number of nitrogens with one attached hydrogen (secondary N) is 1. The lowest BCUT2D eigenvalue weighted by atomic mass is 10.2. The minimum absolute atomic E-state index is 0.239. The monoisotopic (exact) mass is 311 g/mol. The first-order valence-electron chi connectivity index (χ1n) is 6.61. The molecule has 0 amide bonds. The zero-order chi connectivity index (χ0) is 15.5. The molecule has 0 aliphatic rings. The average Bonchev–Trinajstić information content (AvgIpc) is 2.56. The van der Waals surface area contributed by atoms with Crippen LogP contribution in [0.2, 0.25) is 0 Å². The molecule has 0 aliphatic heterocycles. The first-order chi connectivity index (χ1) is 10.7. The lowest BCUT2D eigenvalue weighted by molar-refractivity contribution is 0.416. The normalized spacial score (nSPS) is 10.4. The van der Waals surface area contributed by atoms with Crippen molar-refractivity contribution in [2.24, 2.45) is 0 Å². The van der Waals surface area contributed by atoms with Gasteiger partial charge in [-0.2, -0.15) is 0 Å². The zero-order valence-corrected chi connectivity index (χ0v) is 12.6. The summed E-state index contributed by atoms with van der Waals surface area (Å²) in [6, 6.07) is 13.0. The van der Waals surface area contributed by atoms with Crippen molar-refractivity contribution in [1.82, 2.24) is 9.38 Å². The highest BCUT2D eigenvalue weighted by molar-refractivity contribution is 7.79. The second kappa shape index (κ2) is 5.95. The maximum atomic E-state index is 12.6. The highest BCUT2D eigenvalue weighted by Crippen LogP contribution is 2.21. The van der Waals surface area contributed by atoms with Crippen molar-refractivity contribution in [1.29, 1.82) is 0 Å². The molecule has 2 aromatic heterocycles. The van der Waals surface area contributed by atoms with Crippen LogP contribution in [0.1, 0.15) is 5.56 Å². The number of pyridine rings is 1. The molecule has 3 aromatic rings. The second-order valence-electron chi connectivity index (χ2n) is 4.56. The third-order valence-corrected chi connectivity index (χ3v) is 3.46. The number of methoxy groups -OCH3 is 1. The fourth-order valence-electron chi connectivity index (χ4n) is 2.17. The van der Waals surface area contributed by atoms with E-state index in [4.69, 9.17) is 17.0 Å². The number of hydrogen-bond acceptors (Lipinski definition) is 5. The predicted octanol–water partition coefficient (Wildman–Crippen LogP) is 2.79. The summed E-state index contributed by atoms with van der Waals surface area (Å²) in [5.41, 5.74) is 1.36. The van der Waals surface area contributed by atoms with Crippen LogP contribution in [0.25, 0.3) is 5.65 Å². The second-order valence-corrected chi connectivity index (χ2v) is 4.79. The number of para-hydroxylation sites is 1. The fraction of sp³-hybridized carbons (Fsp3) is 0.0625. The van der Waals surface area contributed by atoms with E-state index in [0.29, 0.717) is 22.8 Å². The molecule has 6 heteroatoms. The van der Waals surface area contributed by atoms with Gasteiger partial charge in [0.05, 0.1) is 12.7 Å². The maximum absolute atomic E-state index is 12.6. The Morgan fingerprint density at radius 2 is 2.00 bits per heavy atom. The van der Waals surface area contributed by atoms with E-state index in [2.05, 4.69) is 10.3 Å². The van der Waals surface area contributed by atoms with Gasteiger partial charge in [-0.05, 0) is 24.3 Å². The molecule has 0 unspecified atom stereocenters. The molecule has 1 N–H and O–H groups in total. The molecule has 22 heavy (non-hydrogen) atoms. The number of rotatable bonds is 4. The van der Waals surface area contributed by atoms with E-state index >= 15 is 0 Å². The summed E-state index contributed by atoms with van der Waals surface area (Å²) < 4.78 is 6.70. The van der Waals surface area contributed by atoms with E-state index in [1.807, 2.05) is 30.3 Å². The van der Waals surface area contributed by atoms with Gasteiger partial charge in [0, 0.05) is 17.3 Å². The molecule has 0 saturated carbocycles. The van der Waals surface area contributed by atoms with Crippen LogP contribution >= 0.6 is 12.2 Å². The van der Waals surface area contributed by atoms with Crippen molar-refractivity contribution < 1.29 is 4.74 Å². The third kappa shape index (κ3) is 2.44. The smallest absolute Gasteiger partial charge is 0.268 e. The Morgan fingerprint density at radius 1 is 1.23 bits per heavy atom. The maximum Gasteiger partial charge on any atom is 0.268 e. The van der Waals surface area contributed by atoms with Crippen molar-refractivity contribution >= 4 is 34.7 Å². The van der Waals surface area contributed by atoms with Gasteiger partial charge in [-0.15, -0.1) is 0 Å². The van der Waals surface area contributed by atoms with Crippen molar-refractivity contribution in [2.75, 3.05) is 12.4 Å². The van der Waals surface area contributed by atoms with Crippen LogP contribution in [0.3, 0.4) is 0 Å². The number of anilines is 2. The van der Waals surface area contributed by atoms with E-state index in [9.17, 15) is 4.79 Å². The highest BCUT2D eigenvalue weighted by atomic mass is 32.1. The summed E-state index contributed by atoms with van der Waals surface area (Å²) in [4.78, 5) is 17.1. The van der Waals surface area contributed by atoms with Gasteiger partial charge in [0.15, 0.2) is 11.4 Å². The van der Waals surface area contributed by atoms with Crippen LogP contribution < -0.4 is 15.6 Å². The Labute approximate surface area is 132 Å². The molecule has 2 heterocycles. The van der Waals surface area contributed by atoms with Crippen LogP contribution in [-0.4, -0.2) is 21.9 Å². The van der Waals surface area contributed by atoms with Gasteiger partial charge in [0.25, 0.3) is 5.56 Å². The largest absolute Gasteiger partial charge is 0.493 e. The average molecular weight is 311 g/mol. The Kier molecular flexibility index (Phi) is 3.84. The summed E-state index contributed by atoms with van der Waals surface area (Å²) in [6.07, 6.45) is 1.64. The molecule has 0 radical (unpaired) electrons. The fourth-order valence-corrected chi connectivity index (χ4v) is 2.38. The van der Waals surface area contributed by atoms with E-state index in [0.717, 1.165) is 5.69 Å². The lowest BCUT2D eigenvalue weighted by Gasteiger charge is -2.12. The summed E-state index contributed by atoms with van der Waals surface area (Å²) in [6.45, 7) is 0. The minimum atomic E-state index is -0.239. The summed E-state index contributed by atoms with van der Waals surface area (Å²) in [7, 11) is 1.54. The lowest BCUT2D eigenvalue weighted by Crippen LogP contribution is -2.21. The van der Waals surface area contributed by atoms with Crippen molar-refractivity contribution in [3.05, 3.63) is 64.6 Å². The van der Waals surface area contributed by atoms with Gasteiger partial charge in [-0.25, -0.2) is 4.98 Å². The van der Waals surface area contributed by atoms with E-state index < -0.39 is 0 Å². The highest BCUT2D eigenvalue weighted by Gasteiger charge is 2.13. The van der Waals surface area contributed by atoms with Crippen LogP contribution in [0, 0.1) is 0 Å². The predicted molar refractivity (Wildman–Crippen MR) is 90.5 cm³/mol. The third-order valence-electron chi connectivity index (χ3n) is 3.23. The molecule has 3 rings (SSSR count). The zero-order valence-electron chi connectivity index (χ0n) is 11.8. The number of nitrogens with zero attached hydrogens (tertiary/aromatic N) is 2. The summed E-state index contributed by atoms with van der Waals surface area (Å²) in [5, 5.41) is 4.47. The molecule has 0 saturated heterocycles. The van der Waals surface area contributed by atoms with Crippen molar-refractivity contribution in [3.63, 3.8) is 0 Å². The van der Waals surface area contributed by atoms with E-state index in [1.54, 1.807) is 25.4 Å². The number of ether oxygens (including phenoxy) is 1. The molecule has 0 atom stereocenters. The topological polar surface area (TPSA) is 55.6 Å². The number of thiocarbonyl (C=S) groups is 1. The van der Waals surface area contributed by atoms with Crippen molar-refractivity contribution in [3.8, 4) is 5.75 Å². The molecular formula is C16H13N3O2S. The van der Waals surface area contributed by atoms with E-state index in [1.165, 1.54) is 9.77 Å². The molecule has 0 spiro atoms. The Balaban J connectivity index is 2.25. The Morgan fingerprint density at radius 3 is 2.68 bits per heavy atom. The van der Waals surface area contributed by atoms with Gasteiger partial charge in [0.1, 0.15) is 5.82 Å². The first kappa shape index (κ1) is 14.2. The van der Waals surface area contributed by atoms with Gasteiger partial charge in [-0.3, -0.25) is 9.20 Å². The first-order valence-corrected chi connectivity index (χ1v) is 7.08. The SMILES string of the molecule is COc1cccn2c(=O)c(C=S)c(Nc3ccccc3)nc12. The number of benzene rings is 1. The standard InChI is InChI=1S/C16H13N3O2S/c1-21-13-8-5-9-19-15(13)18-14(12(10-22)16(19)20)17-11-6-3-2-4-7-11/h2-10,17H,1H3. The molecular weight excluding hydrogens is 298 g/mol. The van der Waals surface area contributed by atoms with Gasteiger partial charge < -0.3 is 10.1 Å². The minimum Gasteiger partial charge on any atom is -0.493 e. The van der Waals surface area contributed by atoms with Gasteiger partial charge in [-0.1, -0.05) is 30.4 Å². The molecule has 0 aliphatic carbocycles. The summed E-state index contributed by atoms with van der Waals surface area (Å²) in [5.74, 6) is 0.933. The van der Waals surface area contributed by atoms with Crippen LogP contribution in [0.4, 0.5) is 11.5 Å². The van der Waals surface area contributed by atoms with Gasteiger partial charge in [0.2, 0.25) is 0 Å². The molecule has 0 fully saturated rings. The number of hydrogen-bond donors (Lipinski definition) is 1. The Hall–Kier alpha value is -2.73.